The Morgan fingerprint density at radius 1 is 0.636 bits per heavy atom. The minimum atomic E-state index is 0.0638. The molecule has 0 bridgehead atoms. The quantitative estimate of drug-likeness (QED) is 0.120. The van der Waals surface area contributed by atoms with Crippen LogP contribution in [0.15, 0.2) is 30.3 Å². The van der Waals surface area contributed by atoms with Gasteiger partial charge in [0, 0.05) is 0 Å². The first kappa shape index (κ1) is 29.7. The lowest BCUT2D eigenvalue weighted by atomic mass is 9.94. The van der Waals surface area contributed by atoms with Gasteiger partial charge in [-0.2, -0.15) is 0 Å². The second-order valence-corrected chi connectivity index (χ2v) is 9.98. The summed E-state index contributed by atoms with van der Waals surface area (Å²) in [5.41, 5.74) is 1.32. The van der Waals surface area contributed by atoms with Crippen LogP contribution in [-0.2, 0) is 16.0 Å². The van der Waals surface area contributed by atoms with E-state index in [1.54, 1.807) is 0 Å². The maximum absolute atomic E-state index is 12.8. The third-order valence-corrected chi connectivity index (χ3v) is 6.84. The fourth-order valence-corrected chi connectivity index (χ4v) is 4.64. The van der Waals surface area contributed by atoms with Crippen molar-refractivity contribution in [3.05, 3.63) is 35.9 Å². The van der Waals surface area contributed by atoms with E-state index in [4.69, 9.17) is 4.74 Å². The van der Waals surface area contributed by atoms with Crippen LogP contribution in [0.2, 0.25) is 0 Å². The Balaban J connectivity index is 2.25. The van der Waals surface area contributed by atoms with Crippen LogP contribution >= 0.6 is 0 Å². The van der Waals surface area contributed by atoms with Gasteiger partial charge in [0.1, 0.15) is 0 Å². The highest BCUT2D eigenvalue weighted by atomic mass is 16.5. The van der Waals surface area contributed by atoms with Crippen molar-refractivity contribution >= 4 is 5.97 Å². The van der Waals surface area contributed by atoms with E-state index < -0.39 is 0 Å². The Hall–Kier alpha value is -1.31. The van der Waals surface area contributed by atoms with Crippen LogP contribution in [0.3, 0.4) is 0 Å². The Bertz CT molecular complexity index is 519. The molecule has 0 fully saturated rings. The van der Waals surface area contributed by atoms with Crippen LogP contribution in [0.4, 0.5) is 0 Å². The molecule has 190 valence electrons. The molecule has 0 unspecified atom stereocenters. The normalized spacial score (nSPS) is 11.2. The van der Waals surface area contributed by atoms with E-state index in [1.165, 1.54) is 108 Å². The van der Waals surface area contributed by atoms with E-state index >= 15 is 0 Å². The van der Waals surface area contributed by atoms with E-state index in [0.717, 1.165) is 25.7 Å². The summed E-state index contributed by atoms with van der Waals surface area (Å²) in [6.45, 7) is 5.10. The number of benzene rings is 1. The molecule has 1 aromatic carbocycles. The molecular formula is C31H54O2. The number of carbonyl (C=O) groups is 1. The van der Waals surface area contributed by atoms with E-state index in [0.29, 0.717) is 6.61 Å². The molecule has 0 saturated carbocycles. The molecule has 0 aliphatic rings. The summed E-state index contributed by atoms with van der Waals surface area (Å²) in [7, 11) is 0. The fraction of sp³-hybridized carbons (Fsp3) is 0.774. The zero-order valence-corrected chi connectivity index (χ0v) is 22.1. The standard InChI is InChI=1S/C31H54O2/c1-3-5-7-9-11-13-15-20-26-30(27-21-16-14-12-10-8-6-4-2)31(32)33-28-22-25-29-23-18-17-19-24-29/h17-19,23-24,30H,3-16,20-22,25-28H2,1-2H3. The zero-order valence-electron chi connectivity index (χ0n) is 22.1. The van der Waals surface area contributed by atoms with Crippen LogP contribution in [0.1, 0.15) is 141 Å². The van der Waals surface area contributed by atoms with E-state index in [9.17, 15) is 4.79 Å². The number of aryl methyl sites for hydroxylation is 1. The monoisotopic (exact) mass is 458 g/mol. The summed E-state index contributed by atoms with van der Waals surface area (Å²) in [4.78, 5) is 12.8. The minimum Gasteiger partial charge on any atom is -0.465 e. The predicted octanol–water partition coefficient (Wildman–Crippen LogP) is 9.84. The first-order chi connectivity index (χ1) is 16.3. The van der Waals surface area contributed by atoms with Crippen LogP contribution in [0, 0.1) is 5.92 Å². The Labute approximate surface area is 206 Å². The smallest absolute Gasteiger partial charge is 0.308 e. The maximum Gasteiger partial charge on any atom is 0.308 e. The number of hydrogen-bond acceptors (Lipinski definition) is 2. The lowest BCUT2D eigenvalue weighted by Crippen LogP contribution is -2.19. The van der Waals surface area contributed by atoms with Gasteiger partial charge in [-0.1, -0.05) is 147 Å². The van der Waals surface area contributed by atoms with Gasteiger partial charge in [0.25, 0.3) is 0 Å². The number of esters is 1. The largest absolute Gasteiger partial charge is 0.465 e. The van der Waals surface area contributed by atoms with Gasteiger partial charge in [-0.15, -0.1) is 0 Å². The van der Waals surface area contributed by atoms with E-state index in [-0.39, 0.29) is 11.9 Å². The van der Waals surface area contributed by atoms with Gasteiger partial charge in [-0.05, 0) is 31.2 Å². The second-order valence-electron chi connectivity index (χ2n) is 9.98. The molecule has 2 nitrogen and oxygen atoms in total. The lowest BCUT2D eigenvalue weighted by molar-refractivity contribution is -0.149. The lowest BCUT2D eigenvalue weighted by Gasteiger charge is -2.16. The molecule has 0 amide bonds. The van der Waals surface area contributed by atoms with Crippen LogP contribution in [-0.4, -0.2) is 12.6 Å². The molecule has 0 atom stereocenters. The van der Waals surface area contributed by atoms with Crippen LogP contribution < -0.4 is 0 Å². The summed E-state index contributed by atoms with van der Waals surface area (Å²) >= 11 is 0. The molecule has 0 heterocycles. The molecule has 33 heavy (non-hydrogen) atoms. The minimum absolute atomic E-state index is 0.0638. The summed E-state index contributed by atoms with van der Waals surface area (Å²) in [5, 5.41) is 0. The molecule has 0 aromatic heterocycles. The number of ether oxygens (including phenoxy) is 1. The maximum atomic E-state index is 12.8. The summed E-state index contributed by atoms with van der Waals surface area (Å²) in [6.07, 6.45) is 25.0. The molecule has 1 aromatic rings. The first-order valence-electron chi connectivity index (χ1n) is 14.5. The van der Waals surface area contributed by atoms with Gasteiger partial charge in [0.15, 0.2) is 0 Å². The van der Waals surface area contributed by atoms with Gasteiger partial charge < -0.3 is 4.74 Å². The first-order valence-corrected chi connectivity index (χ1v) is 14.5. The molecular weight excluding hydrogens is 404 g/mol. The average Bonchev–Trinajstić information content (AvgIpc) is 2.84. The Morgan fingerprint density at radius 3 is 1.58 bits per heavy atom. The Morgan fingerprint density at radius 2 is 1.09 bits per heavy atom. The molecule has 2 heteroatoms. The van der Waals surface area contributed by atoms with Crippen molar-refractivity contribution in [2.45, 2.75) is 142 Å². The number of unbranched alkanes of at least 4 members (excludes halogenated alkanes) is 14. The molecule has 0 spiro atoms. The topological polar surface area (TPSA) is 26.3 Å². The van der Waals surface area contributed by atoms with E-state index in [1.807, 2.05) is 6.07 Å². The summed E-state index contributed by atoms with van der Waals surface area (Å²) in [6, 6.07) is 10.5. The molecule has 0 radical (unpaired) electrons. The third-order valence-electron chi connectivity index (χ3n) is 6.84. The molecule has 0 aliphatic heterocycles. The summed E-state index contributed by atoms with van der Waals surface area (Å²) < 4.78 is 5.73. The zero-order chi connectivity index (χ0) is 23.8. The molecule has 0 saturated heterocycles. The van der Waals surface area contributed by atoms with Crippen molar-refractivity contribution in [2.75, 3.05) is 6.61 Å². The summed E-state index contributed by atoms with van der Waals surface area (Å²) in [5.74, 6) is 0.177. The molecule has 0 aliphatic carbocycles. The number of carbonyl (C=O) groups excluding carboxylic acids is 1. The van der Waals surface area contributed by atoms with Gasteiger partial charge in [-0.3, -0.25) is 4.79 Å². The van der Waals surface area contributed by atoms with Crippen LogP contribution in [0.5, 0.6) is 0 Å². The fourth-order valence-electron chi connectivity index (χ4n) is 4.64. The predicted molar refractivity (Wildman–Crippen MR) is 144 cm³/mol. The molecule has 0 N–H and O–H groups in total. The SMILES string of the molecule is CCCCCCCCCCC(CCCCCCCCCC)C(=O)OCCCc1ccccc1. The van der Waals surface area contributed by atoms with Crippen molar-refractivity contribution < 1.29 is 9.53 Å². The number of hydrogen-bond donors (Lipinski definition) is 0. The third kappa shape index (κ3) is 17.8. The highest BCUT2D eigenvalue weighted by molar-refractivity contribution is 5.72. The van der Waals surface area contributed by atoms with Gasteiger partial charge in [0.2, 0.25) is 0 Å². The van der Waals surface area contributed by atoms with Gasteiger partial charge >= 0.3 is 5.97 Å². The number of rotatable bonds is 23. The van der Waals surface area contributed by atoms with Crippen LogP contribution in [0.25, 0.3) is 0 Å². The van der Waals surface area contributed by atoms with Crippen molar-refractivity contribution in [3.8, 4) is 0 Å². The second kappa shape index (κ2) is 22.5. The highest BCUT2D eigenvalue weighted by Crippen LogP contribution is 2.21. The highest BCUT2D eigenvalue weighted by Gasteiger charge is 2.19. The van der Waals surface area contributed by atoms with Crippen molar-refractivity contribution in [1.82, 2.24) is 0 Å². The Kier molecular flexibility index (Phi) is 20.2. The van der Waals surface area contributed by atoms with Gasteiger partial charge in [0.05, 0.1) is 12.5 Å². The van der Waals surface area contributed by atoms with Crippen molar-refractivity contribution in [2.24, 2.45) is 5.92 Å². The average molecular weight is 459 g/mol. The van der Waals surface area contributed by atoms with E-state index in [2.05, 4.69) is 38.1 Å². The van der Waals surface area contributed by atoms with Crippen molar-refractivity contribution in [3.63, 3.8) is 0 Å². The van der Waals surface area contributed by atoms with Crippen molar-refractivity contribution in [1.29, 1.82) is 0 Å². The van der Waals surface area contributed by atoms with Gasteiger partial charge in [-0.25, -0.2) is 0 Å². The molecule has 1 rings (SSSR count).